The number of anilines is 2. The van der Waals surface area contributed by atoms with Crippen molar-refractivity contribution < 1.29 is 4.79 Å². The average molecular weight is 320 g/mol. The normalized spacial score (nSPS) is 10.1. The van der Waals surface area contributed by atoms with Gasteiger partial charge in [0.2, 0.25) is 0 Å². The number of hydrogen-bond acceptors (Lipinski definition) is 3. The van der Waals surface area contributed by atoms with Crippen molar-refractivity contribution in [1.82, 2.24) is 4.98 Å². The molecule has 4 nitrogen and oxygen atoms in total. The maximum Gasteiger partial charge on any atom is 0.274 e. The van der Waals surface area contributed by atoms with Crippen LogP contribution in [-0.2, 0) is 0 Å². The summed E-state index contributed by atoms with van der Waals surface area (Å²) in [5.41, 5.74) is 3.05. The molecule has 0 spiro atoms. The molecule has 2 rings (SSSR count). The first-order valence-electron chi connectivity index (χ1n) is 5.81. The van der Waals surface area contributed by atoms with E-state index in [2.05, 4.69) is 31.5 Å². The molecular weight excluding hydrogens is 306 g/mol. The van der Waals surface area contributed by atoms with Gasteiger partial charge >= 0.3 is 0 Å². The molecule has 1 amide bonds. The fourth-order valence-corrected chi connectivity index (χ4v) is 1.87. The molecule has 0 aliphatic rings. The van der Waals surface area contributed by atoms with Crippen LogP contribution in [0.3, 0.4) is 0 Å². The lowest BCUT2D eigenvalue weighted by molar-refractivity contribution is 0.102. The number of amides is 1. The Morgan fingerprint density at radius 1 is 1.21 bits per heavy atom. The predicted octanol–water partition coefficient (Wildman–Crippen LogP) is 3.45. The van der Waals surface area contributed by atoms with E-state index in [1.807, 2.05) is 25.1 Å². The van der Waals surface area contributed by atoms with Gasteiger partial charge in [0.1, 0.15) is 5.69 Å². The zero-order chi connectivity index (χ0) is 13.8. The predicted molar refractivity (Wildman–Crippen MR) is 80.6 cm³/mol. The number of aromatic nitrogens is 1. The first-order valence-corrected chi connectivity index (χ1v) is 6.61. The summed E-state index contributed by atoms with van der Waals surface area (Å²) in [5, 5.41) is 5.80. The fraction of sp³-hybridized carbons (Fsp3) is 0.143. The molecule has 98 valence electrons. The number of nitrogens with zero attached hydrogens (tertiary/aromatic N) is 1. The molecule has 5 heteroatoms. The molecule has 2 aromatic rings. The third-order valence-corrected chi connectivity index (χ3v) is 3.59. The van der Waals surface area contributed by atoms with Gasteiger partial charge < -0.3 is 10.6 Å². The van der Waals surface area contributed by atoms with Gasteiger partial charge in [-0.15, -0.1) is 0 Å². The Labute approximate surface area is 120 Å². The second kappa shape index (κ2) is 5.84. The molecule has 0 unspecified atom stereocenters. The zero-order valence-corrected chi connectivity index (χ0v) is 12.3. The summed E-state index contributed by atoms with van der Waals surface area (Å²) in [4.78, 5) is 16.1. The number of hydrogen-bond donors (Lipinski definition) is 2. The monoisotopic (exact) mass is 319 g/mol. The number of rotatable bonds is 3. The number of nitrogens with one attached hydrogen (secondary N) is 2. The molecule has 0 radical (unpaired) electrons. The van der Waals surface area contributed by atoms with Crippen molar-refractivity contribution in [1.29, 1.82) is 0 Å². The highest BCUT2D eigenvalue weighted by Crippen LogP contribution is 2.20. The molecule has 19 heavy (non-hydrogen) atoms. The van der Waals surface area contributed by atoms with Gasteiger partial charge in [-0.05, 0) is 42.8 Å². The number of aryl methyl sites for hydroxylation is 1. The molecule has 0 fully saturated rings. The number of benzene rings is 1. The average Bonchev–Trinajstić information content (AvgIpc) is 2.43. The van der Waals surface area contributed by atoms with Crippen LogP contribution in [-0.4, -0.2) is 17.9 Å². The zero-order valence-electron chi connectivity index (χ0n) is 10.7. The number of carbonyl (C=O) groups is 1. The lowest BCUT2D eigenvalue weighted by atomic mass is 10.2. The summed E-state index contributed by atoms with van der Waals surface area (Å²) < 4.78 is 1.01. The lowest BCUT2D eigenvalue weighted by Gasteiger charge is -2.07. The van der Waals surface area contributed by atoms with Crippen molar-refractivity contribution in [3.63, 3.8) is 0 Å². The molecule has 1 aromatic heterocycles. The summed E-state index contributed by atoms with van der Waals surface area (Å²) in [5.74, 6) is -0.223. The Balaban J connectivity index is 2.18. The van der Waals surface area contributed by atoms with E-state index in [0.29, 0.717) is 5.69 Å². The van der Waals surface area contributed by atoms with Crippen molar-refractivity contribution in [2.75, 3.05) is 17.7 Å². The van der Waals surface area contributed by atoms with E-state index < -0.39 is 0 Å². The molecule has 0 saturated heterocycles. The van der Waals surface area contributed by atoms with E-state index in [0.717, 1.165) is 21.4 Å². The number of pyridine rings is 1. The third-order valence-electron chi connectivity index (χ3n) is 2.70. The molecule has 0 aliphatic carbocycles. The lowest BCUT2D eigenvalue weighted by Crippen LogP contribution is -2.13. The van der Waals surface area contributed by atoms with Crippen molar-refractivity contribution in [3.05, 3.63) is 52.3 Å². The highest BCUT2D eigenvalue weighted by atomic mass is 79.9. The van der Waals surface area contributed by atoms with Crippen LogP contribution in [0.1, 0.15) is 16.1 Å². The van der Waals surface area contributed by atoms with E-state index in [1.54, 1.807) is 25.4 Å². The minimum absolute atomic E-state index is 0.223. The van der Waals surface area contributed by atoms with Crippen LogP contribution < -0.4 is 10.6 Å². The van der Waals surface area contributed by atoms with Crippen LogP contribution in [0.2, 0.25) is 0 Å². The largest absolute Gasteiger partial charge is 0.388 e. The van der Waals surface area contributed by atoms with E-state index in [9.17, 15) is 4.79 Å². The van der Waals surface area contributed by atoms with Crippen LogP contribution in [0, 0.1) is 6.92 Å². The van der Waals surface area contributed by atoms with Gasteiger partial charge in [0, 0.05) is 29.1 Å². The number of halogens is 1. The first-order chi connectivity index (χ1) is 9.10. The van der Waals surface area contributed by atoms with Gasteiger partial charge in [0.05, 0.1) is 0 Å². The van der Waals surface area contributed by atoms with Crippen molar-refractivity contribution in [2.45, 2.75) is 6.92 Å². The minimum atomic E-state index is -0.223. The third kappa shape index (κ3) is 3.32. The molecule has 1 heterocycles. The summed E-state index contributed by atoms with van der Waals surface area (Å²) >= 11 is 3.43. The molecule has 0 saturated carbocycles. The van der Waals surface area contributed by atoms with Crippen LogP contribution >= 0.6 is 15.9 Å². The maximum absolute atomic E-state index is 12.1. The molecule has 1 aromatic carbocycles. The van der Waals surface area contributed by atoms with Crippen LogP contribution in [0.25, 0.3) is 0 Å². The Hall–Kier alpha value is -1.88. The first kappa shape index (κ1) is 13.5. The fourth-order valence-electron chi connectivity index (χ4n) is 1.63. The highest BCUT2D eigenvalue weighted by Gasteiger charge is 2.08. The molecule has 0 atom stereocenters. The van der Waals surface area contributed by atoms with Crippen LogP contribution in [0.15, 0.2) is 41.0 Å². The SMILES string of the molecule is CNc1ccnc(C(=O)Nc2ccc(Br)c(C)c2)c1. The standard InChI is InChI=1S/C14H14BrN3O/c1-9-7-11(3-4-12(9)15)18-14(19)13-8-10(16-2)5-6-17-13/h3-8H,1-2H3,(H,16,17)(H,18,19). The highest BCUT2D eigenvalue weighted by molar-refractivity contribution is 9.10. The van der Waals surface area contributed by atoms with Gasteiger partial charge in [0.25, 0.3) is 5.91 Å². The molecular formula is C14H14BrN3O. The van der Waals surface area contributed by atoms with Crippen LogP contribution in [0.5, 0.6) is 0 Å². The smallest absolute Gasteiger partial charge is 0.274 e. The van der Waals surface area contributed by atoms with E-state index in [4.69, 9.17) is 0 Å². The second-order valence-corrected chi connectivity index (χ2v) is 4.95. The summed E-state index contributed by atoms with van der Waals surface area (Å²) in [6.07, 6.45) is 1.60. The van der Waals surface area contributed by atoms with Gasteiger partial charge in [-0.1, -0.05) is 15.9 Å². The molecule has 0 bridgehead atoms. The molecule has 0 aliphatic heterocycles. The van der Waals surface area contributed by atoms with Crippen molar-refractivity contribution in [2.24, 2.45) is 0 Å². The van der Waals surface area contributed by atoms with E-state index in [1.165, 1.54) is 0 Å². The summed E-state index contributed by atoms with van der Waals surface area (Å²) in [6, 6.07) is 9.17. The Morgan fingerprint density at radius 3 is 2.68 bits per heavy atom. The Kier molecular flexibility index (Phi) is 4.16. The maximum atomic E-state index is 12.1. The minimum Gasteiger partial charge on any atom is -0.388 e. The van der Waals surface area contributed by atoms with Gasteiger partial charge in [-0.2, -0.15) is 0 Å². The van der Waals surface area contributed by atoms with Gasteiger partial charge in [-0.25, -0.2) is 0 Å². The van der Waals surface area contributed by atoms with Crippen molar-refractivity contribution >= 4 is 33.2 Å². The Bertz CT molecular complexity index is 613. The second-order valence-electron chi connectivity index (χ2n) is 4.10. The van der Waals surface area contributed by atoms with Gasteiger partial charge in [-0.3, -0.25) is 9.78 Å². The summed E-state index contributed by atoms with van der Waals surface area (Å²) in [7, 11) is 1.80. The quantitative estimate of drug-likeness (QED) is 0.911. The topological polar surface area (TPSA) is 54.0 Å². The van der Waals surface area contributed by atoms with Crippen molar-refractivity contribution in [3.8, 4) is 0 Å². The molecule has 2 N–H and O–H groups in total. The van der Waals surface area contributed by atoms with E-state index in [-0.39, 0.29) is 5.91 Å². The Morgan fingerprint density at radius 2 is 2.00 bits per heavy atom. The summed E-state index contributed by atoms with van der Waals surface area (Å²) in [6.45, 7) is 1.97. The van der Waals surface area contributed by atoms with Crippen LogP contribution in [0.4, 0.5) is 11.4 Å². The van der Waals surface area contributed by atoms with E-state index >= 15 is 0 Å². The van der Waals surface area contributed by atoms with Gasteiger partial charge in [0.15, 0.2) is 0 Å². The number of carbonyl (C=O) groups excluding carboxylic acids is 1.